The van der Waals surface area contributed by atoms with Crippen LogP contribution in [0.2, 0.25) is 0 Å². The second-order valence-electron chi connectivity index (χ2n) is 3.71. The third-order valence-electron chi connectivity index (χ3n) is 2.07. The fourth-order valence-corrected chi connectivity index (χ4v) is 2.25. The molecule has 3 nitrogen and oxygen atoms in total. The van der Waals surface area contributed by atoms with Crippen molar-refractivity contribution in [3.63, 3.8) is 0 Å². The molecule has 1 aromatic heterocycles. The van der Waals surface area contributed by atoms with Gasteiger partial charge in [-0.15, -0.1) is 0 Å². The second kappa shape index (κ2) is 5.16. The molecule has 1 aromatic rings. The zero-order valence-corrected chi connectivity index (χ0v) is 11.8. The van der Waals surface area contributed by atoms with Gasteiger partial charge in [0.15, 0.2) is 5.76 Å². The third-order valence-corrected chi connectivity index (χ3v) is 4.55. The van der Waals surface area contributed by atoms with E-state index in [1.165, 1.54) is 6.26 Å². The average Bonchev–Trinajstić information content (AvgIpc) is 2.64. The first-order valence-electron chi connectivity index (χ1n) is 4.51. The van der Waals surface area contributed by atoms with E-state index in [-0.39, 0.29) is 11.4 Å². The van der Waals surface area contributed by atoms with E-state index in [4.69, 9.17) is 4.42 Å². The Kier molecular flexibility index (Phi) is 4.40. The Bertz CT molecular complexity index is 345. The summed E-state index contributed by atoms with van der Waals surface area (Å²) in [6.45, 7) is 3.80. The van der Waals surface area contributed by atoms with E-state index in [2.05, 4.69) is 37.2 Å². The monoisotopic (exact) mass is 337 g/mol. The van der Waals surface area contributed by atoms with E-state index in [1.807, 2.05) is 13.8 Å². The number of carbonyl (C=O) groups excluding carboxylic acids is 1. The summed E-state index contributed by atoms with van der Waals surface area (Å²) in [6, 6.07) is 1.77. The van der Waals surface area contributed by atoms with Crippen LogP contribution < -0.4 is 5.32 Å². The summed E-state index contributed by atoms with van der Waals surface area (Å²) in [5.74, 6) is 0.196. The van der Waals surface area contributed by atoms with E-state index in [0.29, 0.717) is 16.4 Å². The van der Waals surface area contributed by atoms with Crippen LogP contribution in [0.1, 0.15) is 23.0 Å². The molecular weight excluding hydrogens is 326 g/mol. The normalized spacial score (nSPS) is 11.5. The molecule has 84 valence electrons. The highest BCUT2D eigenvalue weighted by Gasteiger charge is 2.26. The minimum atomic E-state index is -0.309. The lowest BCUT2D eigenvalue weighted by atomic mass is 10.1. The molecule has 1 N–H and O–H groups in total. The standard InChI is InChI=1S/C10H13Br2NO2/c1-7-3-4-15-8(7)9(14)13-10(2,5-11)6-12/h3-4H,5-6H2,1-2H3,(H,13,14). The van der Waals surface area contributed by atoms with Crippen molar-refractivity contribution in [1.29, 1.82) is 0 Å². The maximum Gasteiger partial charge on any atom is 0.287 e. The first-order chi connectivity index (χ1) is 7.02. The summed E-state index contributed by atoms with van der Waals surface area (Å²) in [5, 5.41) is 4.26. The topological polar surface area (TPSA) is 42.2 Å². The van der Waals surface area contributed by atoms with Gasteiger partial charge < -0.3 is 9.73 Å². The molecule has 0 aliphatic rings. The van der Waals surface area contributed by atoms with Gasteiger partial charge in [0.25, 0.3) is 5.91 Å². The number of rotatable bonds is 4. The smallest absolute Gasteiger partial charge is 0.287 e. The van der Waals surface area contributed by atoms with Gasteiger partial charge in [0, 0.05) is 16.2 Å². The summed E-state index contributed by atoms with van der Waals surface area (Å²) in [6.07, 6.45) is 1.52. The number of nitrogens with one attached hydrogen (secondary N) is 1. The van der Waals surface area contributed by atoms with Gasteiger partial charge in [-0.05, 0) is 19.9 Å². The van der Waals surface area contributed by atoms with E-state index in [1.54, 1.807) is 6.07 Å². The molecule has 0 atom stereocenters. The van der Waals surface area contributed by atoms with Crippen molar-refractivity contribution in [2.24, 2.45) is 0 Å². The maximum atomic E-state index is 11.8. The average molecular weight is 339 g/mol. The maximum absolute atomic E-state index is 11.8. The van der Waals surface area contributed by atoms with Crippen LogP contribution in [-0.2, 0) is 0 Å². The number of hydrogen-bond acceptors (Lipinski definition) is 2. The predicted molar refractivity (Wildman–Crippen MR) is 66.9 cm³/mol. The van der Waals surface area contributed by atoms with Crippen LogP contribution in [0.15, 0.2) is 16.7 Å². The number of hydrogen-bond donors (Lipinski definition) is 1. The summed E-state index contributed by atoms with van der Waals surface area (Å²) < 4.78 is 5.12. The first-order valence-corrected chi connectivity index (χ1v) is 6.75. The molecule has 0 aromatic carbocycles. The molecule has 0 aliphatic carbocycles. The minimum absolute atomic E-state index is 0.182. The summed E-state index contributed by atoms with van der Waals surface area (Å²) in [5.41, 5.74) is 0.537. The van der Waals surface area contributed by atoms with Gasteiger partial charge in [0.1, 0.15) is 0 Å². The fourth-order valence-electron chi connectivity index (χ4n) is 1.04. The SMILES string of the molecule is Cc1ccoc1C(=O)NC(C)(CBr)CBr. The molecule has 5 heteroatoms. The third kappa shape index (κ3) is 3.08. The number of furan rings is 1. The van der Waals surface area contributed by atoms with Crippen LogP contribution in [0, 0.1) is 6.92 Å². The highest BCUT2D eigenvalue weighted by molar-refractivity contribution is 9.09. The molecule has 0 unspecified atom stereocenters. The van der Waals surface area contributed by atoms with Crippen molar-refractivity contribution in [3.8, 4) is 0 Å². The zero-order chi connectivity index (χ0) is 11.5. The van der Waals surface area contributed by atoms with Crippen LogP contribution in [0.4, 0.5) is 0 Å². The van der Waals surface area contributed by atoms with Crippen molar-refractivity contribution in [2.45, 2.75) is 19.4 Å². The van der Waals surface area contributed by atoms with Crippen molar-refractivity contribution < 1.29 is 9.21 Å². The Labute approximate surface area is 106 Å². The number of halogens is 2. The van der Waals surface area contributed by atoms with Crippen LogP contribution in [-0.4, -0.2) is 22.1 Å². The van der Waals surface area contributed by atoms with E-state index in [9.17, 15) is 4.79 Å². The Morgan fingerprint density at radius 3 is 2.53 bits per heavy atom. The number of amides is 1. The second-order valence-corrected chi connectivity index (χ2v) is 4.84. The molecule has 0 saturated carbocycles. The van der Waals surface area contributed by atoms with Gasteiger partial charge in [-0.1, -0.05) is 31.9 Å². The lowest BCUT2D eigenvalue weighted by Gasteiger charge is -2.25. The van der Waals surface area contributed by atoms with Gasteiger partial charge in [-0.3, -0.25) is 4.79 Å². The summed E-state index contributed by atoms with van der Waals surface area (Å²) in [4.78, 5) is 11.8. The first kappa shape index (κ1) is 12.8. The van der Waals surface area contributed by atoms with Crippen molar-refractivity contribution in [3.05, 3.63) is 23.7 Å². The lowest BCUT2D eigenvalue weighted by molar-refractivity contribution is 0.0893. The van der Waals surface area contributed by atoms with Crippen molar-refractivity contribution >= 4 is 37.8 Å². The molecule has 0 fully saturated rings. The van der Waals surface area contributed by atoms with Crippen LogP contribution in [0.25, 0.3) is 0 Å². The predicted octanol–water partition coefficient (Wildman–Crippen LogP) is 2.87. The molecule has 15 heavy (non-hydrogen) atoms. The van der Waals surface area contributed by atoms with Gasteiger partial charge in [0.05, 0.1) is 11.8 Å². The van der Waals surface area contributed by atoms with E-state index >= 15 is 0 Å². The number of carbonyl (C=O) groups is 1. The molecule has 1 amide bonds. The Morgan fingerprint density at radius 2 is 2.13 bits per heavy atom. The fraction of sp³-hybridized carbons (Fsp3) is 0.500. The Morgan fingerprint density at radius 1 is 1.53 bits per heavy atom. The zero-order valence-electron chi connectivity index (χ0n) is 8.64. The lowest BCUT2D eigenvalue weighted by Crippen LogP contribution is -2.49. The molecular formula is C10H13Br2NO2. The molecule has 0 radical (unpaired) electrons. The van der Waals surface area contributed by atoms with Crippen LogP contribution in [0.3, 0.4) is 0 Å². The quantitative estimate of drug-likeness (QED) is 0.858. The van der Waals surface area contributed by atoms with Gasteiger partial charge >= 0.3 is 0 Å². The highest BCUT2D eigenvalue weighted by atomic mass is 79.9. The Balaban J connectivity index is 2.76. The van der Waals surface area contributed by atoms with Crippen LogP contribution in [0.5, 0.6) is 0 Å². The molecule has 1 rings (SSSR count). The van der Waals surface area contributed by atoms with Crippen molar-refractivity contribution in [2.75, 3.05) is 10.7 Å². The number of alkyl halides is 2. The van der Waals surface area contributed by atoms with Gasteiger partial charge in [0.2, 0.25) is 0 Å². The molecule has 1 heterocycles. The largest absolute Gasteiger partial charge is 0.459 e. The van der Waals surface area contributed by atoms with Crippen LogP contribution >= 0.6 is 31.9 Å². The van der Waals surface area contributed by atoms with Crippen molar-refractivity contribution in [1.82, 2.24) is 5.32 Å². The summed E-state index contributed by atoms with van der Waals surface area (Å²) in [7, 11) is 0. The number of aryl methyl sites for hydroxylation is 1. The molecule has 0 saturated heterocycles. The van der Waals surface area contributed by atoms with E-state index in [0.717, 1.165) is 5.56 Å². The highest BCUT2D eigenvalue weighted by Crippen LogP contribution is 2.14. The molecule has 0 bridgehead atoms. The van der Waals surface area contributed by atoms with Gasteiger partial charge in [-0.2, -0.15) is 0 Å². The van der Waals surface area contributed by atoms with Gasteiger partial charge in [-0.25, -0.2) is 0 Å². The Hall–Kier alpha value is -0.290. The minimum Gasteiger partial charge on any atom is -0.459 e. The molecule has 0 aliphatic heterocycles. The van der Waals surface area contributed by atoms with E-state index < -0.39 is 0 Å². The molecule has 0 spiro atoms. The summed E-state index contributed by atoms with van der Waals surface area (Å²) >= 11 is 6.73.